The van der Waals surface area contributed by atoms with Crippen LogP contribution in [0.15, 0.2) is 47.4 Å². The molecule has 8 heteroatoms. The molecular formula is C19H23ClN2O4S. The van der Waals surface area contributed by atoms with Crippen molar-refractivity contribution in [2.45, 2.75) is 25.3 Å². The Morgan fingerprint density at radius 1 is 1.15 bits per heavy atom. The van der Waals surface area contributed by atoms with Gasteiger partial charge in [0.25, 0.3) is 5.91 Å². The van der Waals surface area contributed by atoms with Gasteiger partial charge in [0, 0.05) is 30.8 Å². The van der Waals surface area contributed by atoms with Crippen molar-refractivity contribution in [2.75, 3.05) is 20.2 Å². The minimum absolute atomic E-state index is 0.0715. The topological polar surface area (TPSA) is 75.7 Å². The zero-order valence-electron chi connectivity index (χ0n) is 15.5. The average Bonchev–Trinajstić information content (AvgIpc) is 2.67. The number of carbonyl (C=O) groups is 1. The maximum absolute atomic E-state index is 12.7. The number of hydrogen-bond donors (Lipinski definition) is 1. The molecule has 0 aliphatic carbocycles. The number of halogens is 1. The Bertz CT molecular complexity index is 912. The molecule has 0 aromatic heterocycles. The van der Waals surface area contributed by atoms with Gasteiger partial charge in [-0.3, -0.25) is 4.79 Å². The summed E-state index contributed by atoms with van der Waals surface area (Å²) in [5, 5.41) is 2.86. The molecule has 6 nitrogen and oxygen atoms in total. The van der Waals surface area contributed by atoms with Gasteiger partial charge in [-0.1, -0.05) is 43.6 Å². The zero-order chi connectivity index (χ0) is 20.0. The molecule has 2 aromatic carbocycles. The number of rotatable bonds is 8. The minimum atomic E-state index is -3.76. The monoisotopic (exact) mass is 410 g/mol. The molecule has 1 amide bonds. The van der Waals surface area contributed by atoms with E-state index in [0.29, 0.717) is 18.8 Å². The Kier molecular flexibility index (Phi) is 7.24. The number of hydrogen-bond acceptors (Lipinski definition) is 4. The summed E-state index contributed by atoms with van der Waals surface area (Å²) >= 11 is 6.10. The Hall–Kier alpha value is -2.09. The Balaban J connectivity index is 2.25. The number of para-hydroxylation sites is 1. The van der Waals surface area contributed by atoms with Gasteiger partial charge >= 0.3 is 0 Å². The fourth-order valence-corrected chi connectivity index (χ4v) is 4.63. The predicted molar refractivity (Wildman–Crippen MR) is 106 cm³/mol. The van der Waals surface area contributed by atoms with E-state index in [0.717, 1.165) is 5.56 Å². The van der Waals surface area contributed by atoms with Crippen LogP contribution in [-0.4, -0.2) is 38.8 Å². The summed E-state index contributed by atoms with van der Waals surface area (Å²) in [5.74, 6) is 0.271. The number of carbonyl (C=O) groups excluding carboxylic acids is 1. The van der Waals surface area contributed by atoms with Gasteiger partial charge in [0.15, 0.2) is 0 Å². The molecule has 0 saturated carbocycles. The number of nitrogens with zero attached hydrogens (tertiary/aromatic N) is 1. The van der Waals surface area contributed by atoms with Crippen LogP contribution in [0.4, 0.5) is 0 Å². The standard InChI is InChI=1S/C19H23ClN2O4S/c1-4-22(5-2)27(24,25)18-12-14(10-11-16(18)20)19(23)21-13-15-8-6-7-9-17(15)26-3/h6-12H,4-5,13H2,1-3H3,(H,21,23). The maximum atomic E-state index is 12.7. The maximum Gasteiger partial charge on any atom is 0.251 e. The first kappa shape index (κ1) is 21.2. The van der Waals surface area contributed by atoms with Gasteiger partial charge in [-0.2, -0.15) is 4.31 Å². The molecule has 1 N–H and O–H groups in total. The lowest BCUT2D eigenvalue weighted by molar-refractivity contribution is 0.0950. The molecule has 27 heavy (non-hydrogen) atoms. The van der Waals surface area contributed by atoms with Crippen LogP contribution in [0.25, 0.3) is 0 Å². The highest BCUT2D eigenvalue weighted by atomic mass is 35.5. The van der Waals surface area contributed by atoms with Crippen molar-refractivity contribution in [3.05, 3.63) is 58.6 Å². The summed E-state index contributed by atoms with van der Waals surface area (Å²) < 4.78 is 32.0. The molecule has 0 radical (unpaired) electrons. The molecule has 2 rings (SSSR count). The van der Waals surface area contributed by atoms with Crippen LogP contribution in [0.3, 0.4) is 0 Å². The van der Waals surface area contributed by atoms with Gasteiger partial charge in [-0.05, 0) is 24.3 Å². The Morgan fingerprint density at radius 3 is 2.44 bits per heavy atom. The minimum Gasteiger partial charge on any atom is -0.496 e. The molecule has 0 atom stereocenters. The summed E-state index contributed by atoms with van der Waals surface area (Å²) in [7, 11) is -2.20. The second-order valence-electron chi connectivity index (χ2n) is 5.73. The molecule has 0 aliphatic rings. The third-order valence-electron chi connectivity index (χ3n) is 4.15. The summed E-state index contributed by atoms with van der Waals surface area (Å²) in [4.78, 5) is 12.4. The summed E-state index contributed by atoms with van der Waals surface area (Å²) in [6.07, 6.45) is 0. The predicted octanol–water partition coefficient (Wildman–Crippen LogP) is 3.31. The molecule has 0 aliphatic heterocycles. The number of ether oxygens (including phenoxy) is 1. The van der Waals surface area contributed by atoms with Crippen molar-refractivity contribution in [3.8, 4) is 5.75 Å². The fourth-order valence-electron chi connectivity index (χ4n) is 2.67. The van der Waals surface area contributed by atoms with E-state index in [-0.39, 0.29) is 22.0 Å². The zero-order valence-corrected chi connectivity index (χ0v) is 17.1. The smallest absolute Gasteiger partial charge is 0.251 e. The van der Waals surface area contributed by atoms with Crippen LogP contribution >= 0.6 is 11.6 Å². The molecule has 146 valence electrons. The molecule has 2 aromatic rings. The Labute approximate surface area is 165 Å². The second-order valence-corrected chi connectivity index (χ2v) is 8.04. The molecule has 0 spiro atoms. The summed E-state index contributed by atoms with van der Waals surface area (Å²) in [6.45, 7) is 4.39. The second kappa shape index (κ2) is 9.21. The SMILES string of the molecule is CCN(CC)S(=O)(=O)c1cc(C(=O)NCc2ccccc2OC)ccc1Cl. The van der Waals surface area contributed by atoms with Crippen molar-refractivity contribution in [3.63, 3.8) is 0 Å². The largest absolute Gasteiger partial charge is 0.496 e. The van der Waals surface area contributed by atoms with Gasteiger partial charge in [0.05, 0.1) is 12.1 Å². The van der Waals surface area contributed by atoms with E-state index in [2.05, 4.69) is 5.32 Å². The molecular weight excluding hydrogens is 388 g/mol. The van der Waals surface area contributed by atoms with Crippen molar-refractivity contribution < 1.29 is 17.9 Å². The molecule has 0 fully saturated rings. The highest BCUT2D eigenvalue weighted by Gasteiger charge is 2.25. The van der Waals surface area contributed by atoms with Gasteiger partial charge in [-0.25, -0.2) is 8.42 Å². The fraction of sp³-hybridized carbons (Fsp3) is 0.316. The first-order valence-electron chi connectivity index (χ1n) is 8.54. The van der Waals surface area contributed by atoms with Crippen LogP contribution < -0.4 is 10.1 Å². The third kappa shape index (κ3) is 4.80. The summed E-state index contributed by atoms with van der Waals surface area (Å²) in [6, 6.07) is 11.6. The number of amides is 1. The van der Waals surface area contributed by atoms with Crippen LogP contribution in [-0.2, 0) is 16.6 Å². The summed E-state index contributed by atoms with van der Waals surface area (Å²) in [5.41, 5.74) is 1.04. The van der Waals surface area contributed by atoms with Gasteiger partial charge in [0.1, 0.15) is 10.6 Å². The number of sulfonamides is 1. The lowest BCUT2D eigenvalue weighted by Crippen LogP contribution is -2.31. The Morgan fingerprint density at radius 2 is 1.81 bits per heavy atom. The van der Waals surface area contributed by atoms with Gasteiger partial charge in [-0.15, -0.1) is 0 Å². The number of methoxy groups -OCH3 is 1. The lowest BCUT2D eigenvalue weighted by atomic mass is 10.1. The van der Waals surface area contributed by atoms with Gasteiger partial charge < -0.3 is 10.1 Å². The highest BCUT2D eigenvalue weighted by molar-refractivity contribution is 7.89. The normalized spacial score (nSPS) is 11.4. The van der Waals surface area contributed by atoms with E-state index in [1.165, 1.54) is 22.5 Å². The van der Waals surface area contributed by atoms with Crippen molar-refractivity contribution >= 4 is 27.5 Å². The third-order valence-corrected chi connectivity index (χ3v) is 6.68. The van der Waals surface area contributed by atoms with Crippen molar-refractivity contribution in [1.82, 2.24) is 9.62 Å². The van der Waals surface area contributed by atoms with Crippen LogP contribution in [0, 0.1) is 0 Å². The van der Waals surface area contributed by atoms with E-state index < -0.39 is 15.9 Å². The molecule has 0 bridgehead atoms. The van der Waals surface area contributed by atoms with E-state index >= 15 is 0 Å². The van der Waals surface area contributed by atoms with E-state index in [4.69, 9.17) is 16.3 Å². The van der Waals surface area contributed by atoms with E-state index in [1.807, 2.05) is 18.2 Å². The molecule has 0 saturated heterocycles. The van der Waals surface area contributed by atoms with Gasteiger partial charge in [0.2, 0.25) is 10.0 Å². The molecule has 0 unspecified atom stereocenters. The van der Waals surface area contributed by atoms with E-state index in [1.54, 1.807) is 27.0 Å². The van der Waals surface area contributed by atoms with E-state index in [9.17, 15) is 13.2 Å². The van der Waals surface area contributed by atoms with Crippen molar-refractivity contribution in [1.29, 1.82) is 0 Å². The van der Waals surface area contributed by atoms with Crippen LogP contribution in [0.5, 0.6) is 5.75 Å². The first-order valence-corrected chi connectivity index (χ1v) is 10.4. The van der Waals surface area contributed by atoms with Crippen LogP contribution in [0.2, 0.25) is 5.02 Å². The van der Waals surface area contributed by atoms with Crippen molar-refractivity contribution in [2.24, 2.45) is 0 Å². The first-order chi connectivity index (χ1) is 12.8. The average molecular weight is 411 g/mol. The van der Waals surface area contributed by atoms with Crippen LogP contribution in [0.1, 0.15) is 29.8 Å². The number of nitrogens with one attached hydrogen (secondary N) is 1. The molecule has 0 heterocycles. The highest BCUT2D eigenvalue weighted by Crippen LogP contribution is 2.26. The quantitative estimate of drug-likeness (QED) is 0.724. The lowest BCUT2D eigenvalue weighted by Gasteiger charge is -2.19. The number of benzene rings is 2.